The van der Waals surface area contributed by atoms with Crippen molar-refractivity contribution in [1.29, 1.82) is 0 Å². The molecule has 0 radical (unpaired) electrons. The lowest BCUT2D eigenvalue weighted by atomic mass is 9.91. The Morgan fingerprint density at radius 3 is 2.80 bits per heavy atom. The number of thiophene rings is 1. The lowest BCUT2D eigenvalue weighted by Crippen LogP contribution is -2.48. The Bertz CT molecular complexity index is 2290. The van der Waals surface area contributed by atoms with E-state index in [1.165, 1.54) is 22.3 Å². The summed E-state index contributed by atoms with van der Waals surface area (Å²) in [6.45, 7) is 4.42. The van der Waals surface area contributed by atoms with Crippen LogP contribution in [0.4, 0.5) is 23.8 Å². The number of hydrogen-bond donors (Lipinski definition) is 2. The van der Waals surface area contributed by atoms with Gasteiger partial charge in [-0.25, -0.2) is 4.79 Å². The normalized spacial score (nSPS) is 24.9. The number of pyridine rings is 1. The highest BCUT2D eigenvalue weighted by Crippen LogP contribution is 2.53. The number of fused-ring (bicyclic) bond motifs is 5. The van der Waals surface area contributed by atoms with Crippen molar-refractivity contribution >= 4 is 54.5 Å². The number of aliphatic hydroxyl groups is 1. The number of β-amino-alcohol motifs (C(OH)–C–C–N with tert-alkyl or cyclic N) is 1. The molecular weight excluding hydrogens is 738 g/mol. The fourth-order valence-electron chi connectivity index (χ4n) is 8.90. The van der Waals surface area contributed by atoms with Gasteiger partial charge in [-0.2, -0.15) is 28.2 Å². The number of alkyl halides is 3. The minimum absolute atomic E-state index is 0.0832. The van der Waals surface area contributed by atoms with Gasteiger partial charge in [0.05, 0.1) is 58.4 Å². The average Bonchev–Trinajstić information content (AvgIpc) is 3.44. The van der Waals surface area contributed by atoms with Crippen LogP contribution in [0.25, 0.3) is 42.5 Å². The first-order valence-corrected chi connectivity index (χ1v) is 19.6. The van der Waals surface area contributed by atoms with Crippen LogP contribution in [-0.4, -0.2) is 123 Å². The van der Waals surface area contributed by atoms with Crippen LogP contribution in [0.3, 0.4) is 0 Å². The highest BCUT2D eigenvalue weighted by atomic mass is 32.1. The number of aromatic amines is 1. The minimum atomic E-state index is -4.57. The van der Waals surface area contributed by atoms with Gasteiger partial charge in [-0.15, -0.1) is 11.3 Å². The van der Waals surface area contributed by atoms with Gasteiger partial charge in [-0.05, 0) is 75.6 Å². The first-order chi connectivity index (χ1) is 26.3. The van der Waals surface area contributed by atoms with Crippen molar-refractivity contribution in [3.05, 3.63) is 35.7 Å². The minimum Gasteiger partial charge on any atom is -0.461 e. The molecule has 2 N–H and O–H groups in total. The molecule has 0 spiro atoms. The first-order valence-electron chi connectivity index (χ1n) is 18.8. The molecule has 13 nitrogen and oxygen atoms in total. The maximum Gasteiger partial charge on any atom is 0.416 e. The summed E-state index contributed by atoms with van der Waals surface area (Å²) in [6, 6.07) is 3.27. The number of hydrogen-bond acceptors (Lipinski definition) is 12. The zero-order chi connectivity index (χ0) is 38.3. The Balaban J connectivity index is 1.15. The molecule has 3 aliphatic heterocycles. The molecule has 1 aromatic carbocycles. The fourth-order valence-corrected chi connectivity index (χ4v) is 10.0. The van der Waals surface area contributed by atoms with E-state index in [2.05, 4.69) is 15.1 Å². The lowest BCUT2D eigenvalue weighted by Gasteiger charge is -2.34. The largest absolute Gasteiger partial charge is 0.461 e. The van der Waals surface area contributed by atoms with E-state index in [0.29, 0.717) is 82.1 Å². The first kappa shape index (κ1) is 36.3. The number of nitrogens with one attached hydrogen (secondary N) is 1. The van der Waals surface area contributed by atoms with E-state index >= 15 is 0 Å². The number of halogens is 3. The second kappa shape index (κ2) is 13.4. The molecule has 9 rings (SSSR count). The molecule has 55 heavy (non-hydrogen) atoms. The Hall–Kier alpha value is -4.32. The van der Waals surface area contributed by atoms with Gasteiger partial charge in [0.2, 0.25) is 0 Å². The van der Waals surface area contributed by atoms with Crippen LogP contribution in [0, 0.1) is 0 Å². The summed E-state index contributed by atoms with van der Waals surface area (Å²) in [4.78, 5) is 33.4. The second-order valence-corrected chi connectivity index (χ2v) is 16.9. The topological polar surface area (TPSA) is 142 Å². The van der Waals surface area contributed by atoms with Gasteiger partial charge in [-0.3, -0.25) is 15.0 Å². The molecule has 1 aliphatic carbocycles. The summed E-state index contributed by atoms with van der Waals surface area (Å²) in [5, 5.41) is 20.2. The van der Waals surface area contributed by atoms with E-state index in [0.717, 1.165) is 37.6 Å². The zero-order valence-electron chi connectivity index (χ0n) is 30.9. The van der Waals surface area contributed by atoms with Crippen LogP contribution in [0.1, 0.15) is 62.5 Å². The van der Waals surface area contributed by atoms with Gasteiger partial charge in [0, 0.05) is 49.2 Å². The fraction of sp³-hybridized carbons (Fsp3) is 0.553. The predicted octanol–water partition coefficient (Wildman–Crippen LogP) is 6.34. The number of amides is 1. The van der Waals surface area contributed by atoms with Crippen molar-refractivity contribution in [3.63, 3.8) is 0 Å². The SMILES string of the molecule is CN(C)C(=O)OC[C@@H]1CC[C@]2(COc3nc(N4CCOC[C@@](C)(O)C4)c4c(n3)sc3c(-c5c(C6CC6)c(C(F)(F)F)cc6[nH]ncc56)nccc34)CCCN12. The molecule has 4 aliphatic rings. The van der Waals surface area contributed by atoms with E-state index in [9.17, 15) is 23.1 Å². The summed E-state index contributed by atoms with van der Waals surface area (Å²) in [5.74, 6) is 0.312. The van der Waals surface area contributed by atoms with Crippen molar-refractivity contribution in [1.82, 2.24) is 34.9 Å². The van der Waals surface area contributed by atoms with E-state index in [-0.39, 0.29) is 48.3 Å². The van der Waals surface area contributed by atoms with Gasteiger partial charge in [0.15, 0.2) is 0 Å². The number of carbonyl (C=O) groups excluding carboxylic acids is 1. The van der Waals surface area contributed by atoms with E-state index in [1.54, 1.807) is 33.4 Å². The Kier molecular flexibility index (Phi) is 8.86. The number of rotatable bonds is 8. The van der Waals surface area contributed by atoms with E-state index in [1.807, 2.05) is 11.0 Å². The van der Waals surface area contributed by atoms with Crippen molar-refractivity contribution < 1.29 is 37.3 Å². The molecule has 292 valence electrons. The summed E-state index contributed by atoms with van der Waals surface area (Å²) in [5.41, 5.74) is -0.689. The molecule has 17 heteroatoms. The van der Waals surface area contributed by atoms with Crippen LogP contribution in [-0.2, 0) is 15.7 Å². The number of aromatic nitrogens is 5. The third-order valence-corrected chi connectivity index (χ3v) is 12.6. The third kappa shape index (κ3) is 6.51. The molecule has 0 unspecified atom stereocenters. The van der Waals surface area contributed by atoms with E-state index < -0.39 is 17.3 Å². The number of carbonyl (C=O) groups is 1. The Morgan fingerprint density at radius 2 is 2.02 bits per heavy atom. The third-order valence-electron chi connectivity index (χ3n) is 11.5. The molecule has 4 fully saturated rings. The highest BCUT2D eigenvalue weighted by molar-refractivity contribution is 7.26. The maximum atomic E-state index is 14.7. The average molecular weight is 781 g/mol. The Labute approximate surface area is 318 Å². The van der Waals surface area contributed by atoms with Crippen molar-refractivity contribution in [2.45, 2.75) is 74.7 Å². The number of anilines is 1. The van der Waals surface area contributed by atoms with Crippen LogP contribution in [0.15, 0.2) is 24.5 Å². The molecule has 0 bridgehead atoms. The van der Waals surface area contributed by atoms with Gasteiger partial charge < -0.3 is 29.1 Å². The maximum absolute atomic E-state index is 14.7. The summed E-state index contributed by atoms with van der Waals surface area (Å²) in [6.07, 6.45) is 3.25. The molecule has 7 heterocycles. The molecule has 1 saturated carbocycles. The molecule has 4 aromatic heterocycles. The van der Waals surface area contributed by atoms with Crippen LogP contribution in [0.2, 0.25) is 0 Å². The molecule has 1 amide bonds. The van der Waals surface area contributed by atoms with Crippen molar-refractivity contribution in [3.8, 4) is 17.3 Å². The molecule has 3 atom stereocenters. The predicted molar refractivity (Wildman–Crippen MR) is 201 cm³/mol. The van der Waals surface area contributed by atoms with Gasteiger partial charge in [0.1, 0.15) is 29.5 Å². The van der Waals surface area contributed by atoms with Crippen LogP contribution >= 0.6 is 11.3 Å². The number of ether oxygens (including phenoxy) is 3. The zero-order valence-corrected chi connectivity index (χ0v) is 31.7. The van der Waals surface area contributed by atoms with Gasteiger partial charge in [0.25, 0.3) is 0 Å². The molecular formula is C38H43F3N8O5S. The second-order valence-electron chi connectivity index (χ2n) is 15.9. The summed E-state index contributed by atoms with van der Waals surface area (Å²) in [7, 11) is 3.33. The number of benzene rings is 1. The van der Waals surface area contributed by atoms with Crippen LogP contribution in [0.5, 0.6) is 6.01 Å². The van der Waals surface area contributed by atoms with Gasteiger partial charge in [-0.1, -0.05) is 0 Å². The highest BCUT2D eigenvalue weighted by Gasteiger charge is 2.50. The Morgan fingerprint density at radius 1 is 1.18 bits per heavy atom. The summed E-state index contributed by atoms with van der Waals surface area (Å²) >= 11 is 1.34. The quantitative estimate of drug-likeness (QED) is 0.182. The van der Waals surface area contributed by atoms with Crippen molar-refractivity contribution in [2.24, 2.45) is 0 Å². The van der Waals surface area contributed by atoms with Crippen molar-refractivity contribution in [2.75, 3.05) is 65.1 Å². The summed E-state index contributed by atoms with van der Waals surface area (Å²) < 4.78 is 62.6. The lowest BCUT2D eigenvalue weighted by molar-refractivity contribution is -0.138. The number of H-pyrrole nitrogens is 1. The molecule has 3 saturated heterocycles. The standard InChI is InChI=1S/C38H43F3N8O5S/c1-36(51)18-48(13-14-52-19-36)32-29-23-8-11-42-30(28-24-16-43-46-26(24)15-25(38(39,40)41)27(28)21-5-6-21)31(23)55-33(29)45-34(44-32)54-20-37-9-4-12-49(37)22(7-10-37)17-53-35(50)47(2)3/h8,11,15-16,21-22,51H,4-7,9-10,12-14,17-20H2,1-3H3,(H,43,46)/t22-,36-,37-/m0/s1. The smallest absolute Gasteiger partial charge is 0.416 e. The molecule has 5 aromatic rings. The number of nitrogens with zero attached hydrogens (tertiary/aromatic N) is 7. The van der Waals surface area contributed by atoms with Crippen LogP contribution < -0.4 is 9.64 Å². The van der Waals surface area contributed by atoms with E-state index in [4.69, 9.17) is 29.2 Å². The monoisotopic (exact) mass is 780 g/mol. The van der Waals surface area contributed by atoms with Gasteiger partial charge >= 0.3 is 18.3 Å².